The number of nitrogens with one attached hydrogen (secondary N) is 3. The third-order valence-electron chi connectivity index (χ3n) is 3.95. The van der Waals surface area contributed by atoms with Gasteiger partial charge in [0.1, 0.15) is 12.4 Å². The molecule has 2 aromatic rings. The first-order valence-electron chi connectivity index (χ1n) is 9.85. The molecule has 0 saturated heterocycles. The average molecular weight is 399 g/mol. The fourth-order valence-corrected chi connectivity index (χ4v) is 2.56. The Labute approximate surface area is 171 Å². The zero-order valence-electron chi connectivity index (χ0n) is 17.0. The van der Waals surface area contributed by atoms with Crippen molar-refractivity contribution in [1.29, 1.82) is 0 Å². The molecule has 3 N–H and O–H groups in total. The summed E-state index contributed by atoms with van der Waals surface area (Å²) in [5, 5.41) is 8.73. The number of rotatable bonds is 12. The standard InChI is InChI=1S/C22H29N3O4/c1-3-7-21(26)24-17-10-12-18(13-11-17)25-22(27)16-23-19-8-5-6-9-20(19)29-15-14-28-4-2/h5-6,8-13,23H,3-4,7,14-16H2,1-2H3,(H,24,26)(H,25,27). The molecule has 7 heteroatoms. The number of benzene rings is 2. The summed E-state index contributed by atoms with van der Waals surface area (Å²) in [4.78, 5) is 23.9. The predicted molar refractivity (Wildman–Crippen MR) is 116 cm³/mol. The quantitative estimate of drug-likeness (QED) is 0.471. The van der Waals surface area contributed by atoms with Crippen LogP contribution in [0.25, 0.3) is 0 Å². The molecule has 2 aromatic carbocycles. The molecule has 0 saturated carbocycles. The Morgan fingerprint density at radius 3 is 2.17 bits per heavy atom. The van der Waals surface area contributed by atoms with Crippen LogP contribution < -0.4 is 20.7 Å². The number of hydrogen-bond donors (Lipinski definition) is 3. The van der Waals surface area contributed by atoms with E-state index in [1.807, 2.05) is 38.1 Å². The Balaban J connectivity index is 1.82. The molecule has 0 radical (unpaired) electrons. The third kappa shape index (κ3) is 8.23. The van der Waals surface area contributed by atoms with Gasteiger partial charge in [0.15, 0.2) is 0 Å². The number of carbonyl (C=O) groups is 2. The molecule has 0 bridgehead atoms. The van der Waals surface area contributed by atoms with Crippen molar-refractivity contribution < 1.29 is 19.1 Å². The number of anilines is 3. The van der Waals surface area contributed by atoms with E-state index in [0.29, 0.717) is 43.4 Å². The Hall–Kier alpha value is -3.06. The van der Waals surface area contributed by atoms with Gasteiger partial charge in [0, 0.05) is 24.4 Å². The summed E-state index contributed by atoms with van der Waals surface area (Å²) in [5.41, 5.74) is 2.11. The molecule has 0 fully saturated rings. The summed E-state index contributed by atoms with van der Waals surface area (Å²) in [6, 6.07) is 14.5. The largest absolute Gasteiger partial charge is 0.489 e. The molecule has 0 aromatic heterocycles. The van der Waals surface area contributed by atoms with E-state index >= 15 is 0 Å². The van der Waals surface area contributed by atoms with Crippen LogP contribution in [0.15, 0.2) is 48.5 Å². The number of para-hydroxylation sites is 2. The van der Waals surface area contributed by atoms with E-state index in [1.54, 1.807) is 24.3 Å². The minimum absolute atomic E-state index is 0.0179. The van der Waals surface area contributed by atoms with Crippen LogP contribution in [0.4, 0.5) is 17.1 Å². The van der Waals surface area contributed by atoms with E-state index in [1.165, 1.54) is 0 Å². The van der Waals surface area contributed by atoms with Gasteiger partial charge in [0.25, 0.3) is 0 Å². The van der Waals surface area contributed by atoms with E-state index < -0.39 is 0 Å². The molecule has 0 aliphatic rings. The van der Waals surface area contributed by atoms with E-state index in [-0.39, 0.29) is 18.4 Å². The van der Waals surface area contributed by atoms with Gasteiger partial charge in [-0.1, -0.05) is 19.1 Å². The fourth-order valence-electron chi connectivity index (χ4n) is 2.56. The first-order valence-corrected chi connectivity index (χ1v) is 9.85. The fraction of sp³-hybridized carbons (Fsp3) is 0.364. The zero-order chi connectivity index (χ0) is 20.9. The summed E-state index contributed by atoms with van der Waals surface area (Å²) in [5.74, 6) is 0.472. The van der Waals surface area contributed by atoms with Gasteiger partial charge in [0.05, 0.1) is 18.8 Å². The molecule has 0 unspecified atom stereocenters. The van der Waals surface area contributed by atoms with Crippen LogP contribution in [-0.4, -0.2) is 38.2 Å². The van der Waals surface area contributed by atoms with Gasteiger partial charge < -0.3 is 25.4 Å². The molecule has 29 heavy (non-hydrogen) atoms. The highest BCUT2D eigenvalue weighted by atomic mass is 16.5. The summed E-state index contributed by atoms with van der Waals surface area (Å²) < 4.78 is 11.0. The summed E-state index contributed by atoms with van der Waals surface area (Å²) >= 11 is 0. The Morgan fingerprint density at radius 1 is 0.862 bits per heavy atom. The molecular weight excluding hydrogens is 370 g/mol. The zero-order valence-corrected chi connectivity index (χ0v) is 17.0. The van der Waals surface area contributed by atoms with Crippen LogP contribution in [0.1, 0.15) is 26.7 Å². The molecule has 0 aliphatic carbocycles. The molecule has 7 nitrogen and oxygen atoms in total. The molecule has 0 atom stereocenters. The molecule has 0 heterocycles. The second kappa shape index (κ2) is 12.4. The second-order valence-electron chi connectivity index (χ2n) is 6.32. The molecule has 0 aliphatic heterocycles. The van der Waals surface area contributed by atoms with Crippen LogP contribution in [0.2, 0.25) is 0 Å². The highest BCUT2D eigenvalue weighted by Gasteiger charge is 2.07. The highest BCUT2D eigenvalue weighted by molar-refractivity contribution is 5.95. The van der Waals surface area contributed by atoms with E-state index in [4.69, 9.17) is 9.47 Å². The molecule has 0 spiro atoms. The molecule has 156 valence electrons. The lowest BCUT2D eigenvalue weighted by Gasteiger charge is -2.13. The van der Waals surface area contributed by atoms with Gasteiger partial charge in [0.2, 0.25) is 11.8 Å². The lowest BCUT2D eigenvalue weighted by molar-refractivity contribution is -0.116. The van der Waals surface area contributed by atoms with Crippen molar-refractivity contribution in [3.05, 3.63) is 48.5 Å². The van der Waals surface area contributed by atoms with Gasteiger partial charge in [-0.2, -0.15) is 0 Å². The van der Waals surface area contributed by atoms with Crippen molar-refractivity contribution in [3.8, 4) is 5.75 Å². The Bertz CT molecular complexity index is 778. The topological polar surface area (TPSA) is 88.7 Å². The normalized spacial score (nSPS) is 10.3. The molecule has 2 rings (SSSR count). The van der Waals surface area contributed by atoms with Crippen LogP contribution >= 0.6 is 0 Å². The maximum absolute atomic E-state index is 12.2. The van der Waals surface area contributed by atoms with Crippen molar-refractivity contribution in [2.75, 3.05) is 42.3 Å². The van der Waals surface area contributed by atoms with Gasteiger partial charge in [-0.15, -0.1) is 0 Å². The number of hydrogen-bond acceptors (Lipinski definition) is 5. The van der Waals surface area contributed by atoms with Gasteiger partial charge >= 0.3 is 0 Å². The van der Waals surface area contributed by atoms with Crippen molar-refractivity contribution in [2.45, 2.75) is 26.7 Å². The average Bonchev–Trinajstić information content (AvgIpc) is 2.72. The molecule has 2 amide bonds. The van der Waals surface area contributed by atoms with Crippen LogP contribution in [-0.2, 0) is 14.3 Å². The highest BCUT2D eigenvalue weighted by Crippen LogP contribution is 2.23. The van der Waals surface area contributed by atoms with Crippen LogP contribution in [0, 0.1) is 0 Å². The Morgan fingerprint density at radius 2 is 1.52 bits per heavy atom. The lowest BCUT2D eigenvalue weighted by Crippen LogP contribution is -2.22. The van der Waals surface area contributed by atoms with Crippen LogP contribution in [0.3, 0.4) is 0 Å². The third-order valence-corrected chi connectivity index (χ3v) is 3.95. The molecular formula is C22H29N3O4. The van der Waals surface area contributed by atoms with Gasteiger partial charge in [-0.25, -0.2) is 0 Å². The summed E-state index contributed by atoms with van der Waals surface area (Å²) in [7, 11) is 0. The predicted octanol–water partition coefficient (Wildman–Crippen LogP) is 3.89. The van der Waals surface area contributed by atoms with Crippen molar-refractivity contribution >= 4 is 28.9 Å². The Kier molecular flexibility index (Phi) is 9.51. The lowest BCUT2D eigenvalue weighted by atomic mass is 10.2. The van der Waals surface area contributed by atoms with E-state index in [0.717, 1.165) is 12.1 Å². The SMILES string of the molecule is CCCC(=O)Nc1ccc(NC(=O)CNc2ccccc2OCCOCC)cc1. The maximum atomic E-state index is 12.2. The monoisotopic (exact) mass is 399 g/mol. The maximum Gasteiger partial charge on any atom is 0.243 e. The number of ether oxygens (including phenoxy) is 2. The van der Waals surface area contributed by atoms with Gasteiger partial charge in [-0.05, 0) is 49.7 Å². The van der Waals surface area contributed by atoms with Gasteiger partial charge in [-0.3, -0.25) is 9.59 Å². The van der Waals surface area contributed by atoms with Crippen molar-refractivity contribution in [2.24, 2.45) is 0 Å². The second-order valence-corrected chi connectivity index (χ2v) is 6.32. The first-order chi connectivity index (χ1) is 14.1. The summed E-state index contributed by atoms with van der Waals surface area (Å²) in [6.45, 7) is 5.60. The summed E-state index contributed by atoms with van der Waals surface area (Å²) in [6.07, 6.45) is 1.29. The van der Waals surface area contributed by atoms with Crippen LogP contribution in [0.5, 0.6) is 5.75 Å². The number of carbonyl (C=O) groups excluding carboxylic acids is 2. The number of amides is 2. The van der Waals surface area contributed by atoms with Crippen molar-refractivity contribution in [3.63, 3.8) is 0 Å². The van der Waals surface area contributed by atoms with E-state index in [2.05, 4.69) is 16.0 Å². The van der Waals surface area contributed by atoms with E-state index in [9.17, 15) is 9.59 Å². The smallest absolute Gasteiger partial charge is 0.243 e. The first kappa shape index (κ1) is 22.2. The minimum atomic E-state index is -0.183. The minimum Gasteiger partial charge on any atom is -0.489 e. The van der Waals surface area contributed by atoms with Crippen molar-refractivity contribution in [1.82, 2.24) is 0 Å².